The zero-order chi connectivity index (χ0) is 17.5. The Hall–Kier alpha value is -2.20. The summed E-state index contributed by atoms with van der Waals surface area (Å²) in [6.45, 7) is 5.23. The second-order valence-electron chi connectivity index (χ2n) is 5.74. The second kappa shape index (κ2) is 8.60. The number of hydrogen-bond acceptors (Lipinski definition) is 4. The smallest absolute Gasteiger partial charge is 0.163 e. The Balaban J connectivity index is 2.32. The van der Waals surface area contributed by atoms with Crippen LogP contribution in [0, 0.1) is 6.92 Å². The van der Waals surface area contributed by atoms with Gasteiger partial charge in [-0.1, -0.05) is 18.2 Å². The van der Waals surface area contributed by atoms with Crippen molar-refractivity contribution in [1.29, 1.82) is 0 Å². The lowest BCUT2D eigenvalue weighted by atomic mass is 9.88. The Morgan fingerprint density at radius 2 is 1.88 bits per heavy atom. The molecule has 0 radical (unpaired) electrons. The predicted molar refractivity (Wildman–Crippen MR) is 97.4 cm³/mol. The third-order valence-corrected chi connectivity index (χ3v) is 4.23. The van der Waals surface area contributed by atoms with Crippen molar-refractivity contribution in [1.82, 2.24) is 0 Å². The zero-order valence-corrected chi connectivity index (χ0v) is 15.0. The van der Waals surface area contributed by atoms with E-state index in [0.29, 0.717) is 13.2 Å². The first-order valence-electron chi connectivity index (χ1n) is 8.27. The van der Waals surface area contributed by atoms with Crippen molar-refractivity contribution in [3.63, 3.8) is 0 Å². The van der Waals surface area contributed by atoms with Crippen LogP contribution >= 0.6 is 0 Å². The van der Waals surface area contributed by atoms with Crippen LogP contribution in [0.1, 0.15) is 29.5 Å². The SMILES string of the molecule is CCOc1cccc(CC(CN)c2ccc(OC)cc2C)c1OC. The van der Waals surface area contributed by atoms with Crippen molar-refractivity contribution in [2.24, 2.45) is 5.73 Å². The molecule has 2 rings (SSSR count). The van der Waals surface area contributed by atoms with Gasteiger partial charge in [0.1, 0.15) is 5.75 Å². The molecular formula is C20H27NO3. The maximum Gasteiger partial charge on any atom is 0.163 e. The van der Waals surface area contributed by atoms with Crippen molar-refractivity contribution in [3.05, 3.63) is 53.1 Å². The van der Waals surface area contributed by atoms with E-state index in [2.05, 4.69) is 19.1 Å². The highest BCUT2D eigenvalue weighted by Gasteiger charge is 2.18. The van der Waals surface area contributed by atoms with Crippen LogP contribution in [-0.2, 0) is 6.42 Å². The van der Waals surface area contributed by atoms with E-state index in [0.717, 1.165) is 29.2 Å². The number of nitrogens with two attached hydrogens (primary N) is 1. The number of methoxy groups -OCH3 is 2. The molecule has 1 unspecified atom stereocenters. The highest BCUT2D eigenvalue weighted by atomic mass is 16.5. The Morgan fingerprint density at radius 1 is 1.08 bits per heavy atom. The van der Waals surface area contributed by atoms with E-state index in [4.69, 9.17) is 19.9 Å². The van der Waals surface area contributed by atoms with Crippen LogP contribution in [0.4, 0.5) is 0 Å². The van der Waals surface area contributed by atoms with Gasteiger partial charge in [0, 0.05) is 5.92 Å². The lowest BCUT2D eigenvalue weighted by molar-refractivity contribution is 0.309. The molecule has 0 bridgehead atoms. The Labute approximate surface area is 144 Å². The van der Waals surface area contributed by atoms with E-state index in [9.17, 15) is 0 Å². The molecule has 2 aromatic rings. The minimum atomic E-state index is 0.210. The molecule has 0 aromatic heterocycles. The van der Waals surface area contributed by atoms with Crippen LogP contribution in [0.25, 0.3) is 0 Å². The Kier molecular flexibility index (Phi) is 6.50. The molecule has 0 fully saturated rings. The number of aryl methyl sites for hydroxylation is 1. The molecule has 0 aliphatic heterocycles. The summed E-state index contributed by atoms with van der Waals surface area (Å²) in [6.07, 6.45) is 0.799. The zero-order valence-electron chi connectivity index (χ0n) is 15.0. The molecule has 0 aliphatic rings. The van der Waals surface area contributed by atoms with Crippen LogP contribution in [0.3, 0.4) is 0 Å². The Morgan fingerprint density at radius 3 is 2.46 bits per heavy atom. The quantitative estimate of drug-likeness (QED) is 0.802. The van der Waals surface area contributed by atoms with E-state index >= 15 is 0 Å². The highest BCUT2D eigenvalue weighted by molar-refractivity contribution is 5.48. The molecule has 2 N–H and O–H groups in total. The fraction of sp³-hybridized carbons (Fsp3) is 0.400. The summed E-state index contributed by atoms with van der Waals surface area (Å²) in [4.78, 5) is 0. The van der Waals surface area contributed by atoms with Gasteiger partial charge < -0.3 is 19.9 Å². The fourth-order valence-electron chi connectivity index (χ4n) is 3.04. The molecular weight excluding hydrogens is 302 g/mol. The molecule has 0 heterocycles. The molecule has 0 aliphatic carbocycles. The number of para-hydroxylation sites is 1. The van der Waals surface area contributed by atoms with E-state index in [-0.39, 0.29) is 5.92 Å². The average Bonchev–Trinajstić information content (AvgIpc) is 2.60. The van der Waals surface area contributed by atoms with Crippen LogP contribution in [0.15, 0.2) is 36.4 Å². The highest BCUT2D eigenvalue weighted by Crippen LogP contribution is 2.35. The molecule has 0 saturated heterocycles. The molecule has 0 amide bonds. The van der Waals surface area contributed by atoms with E-state index in [1.165, 1.54) is 11.1 Å². The van der Waals surface area contributed by atoms with Gasteiger partial charge in [0.25, 0.3) is 0 Å². The van der Waals surface area contributed by atoms with Crippen molar-refractivity contribution in [3.8, 4) is 17.2 Å². The minimum Gasteiger partial charge on any atom is -0.497 e. The van der Waals surface area contributed by atoms with Crippen LogP contribution < -0.4 is 19.9 Å². The van der Waals surface area contributed by atoms with Gasteiger partial charge >= 0.3 is 0 Å². The predicted octanol–water partition coefficient (Wildman–Crippen LogP) is 3.70. The van der Waals surface area contributed by atoms with Gasteiger partial charge in [0.2, 0.25) is 0 Å². The number of ether oxygens (including phenoxy) is 3. The summed E-state index contributed by atoms with van der Waals surface area (Å²) in [5, 5.41) is 0. The lowest BCUT2D eigenvalue weighted by Crippen LogP contribution is -2.16. The lowest BCUT2D eigenvalue weighted by Gasteiger charge is -2.21. The van der Waals surface area contributed by atoms with Gasteiger partial charge in [-0.3, -0.25) is 0 Å². The van der Waals surface area contributed by atoms with Crippen molar-refractivity contribution in [2.45, 2.75) is 26.2 Å². The summed E-state index contributed by atoms with van der Waals surface area (Å²) in [7, 11) is 3.36. The summed E-state index contributed by atoms with van der Waals surface area (Å²) in [5.41, 5.74) is 9.61. The van der Waals surface area contributed by atoms with Crippen molar-refractivity contribution < 1.29 is 14.2 Å². The molecule has 4 heteroatoms. The topological polar surface area (TPSA) is 53.7 Å². The molecule has 1 atom stereocenters. The average molecular weight is 329 g/mol. The Bertz CT molecular complexity index is 670. The van der Waals surface area contributed by atoms with E-state index < -0.39 is 0 Å². The normalized spacial score (nSPS) is 11.9. The second-order valence-corrected chi connectivity index (χ2v) is 5.74. The standard InChI is InChI=1S/C20H27NO3/c1-5-24-19-8-6-7-15(20(19)23-4)12-16(13-21)18-10-9-17(22-3)11-14(18)2/h6-11,16H,5,12-13,21H2,1-4H3. The van der Waals surface area contributed by atoms with Gasteiger partial charge in [-0.25, -0.2) is 0 Å². The molecule has 24 heavy (non-hydrogen) atoms. The maximum absolute atomic E-state index is 6.08. The van der Waals surface area contributed by atoms with Gasteiger partial charge in [-0.2, -0.15) is 0 Å². The first-order valence-corrected chi connectivity index (χ1v) is 8.27. The summed E-state index contributed by atoms with van der Waals surface area (Å²) in [6, 6.07) is 12.1. The van der Waals surface area contributed by atoms with Crippen molar-refractivity contribution >= 4 is 0 Å². The summed E-state index contributed by atoms with van der Waals surface area (Å²) < 4.78 is 16.6. The van der Waals surface area contributed by atoms with Crippen LogP contribution in [0.2, 0.25) is 0 Å². The molecule has 130 valence electrons. The third-order valence-electron chi connectivity index (χ3n) is 4.23. The van der Waals surface area contributed by atoms with Gasteiger partial charge in [-0.15, -0.1) is 0 Å². The molecule has 2 aromatic carbocycles. The van der Waals surface area contributed by atoms with E-state index in [1.807, 2.05) is 31.2 Å². The molecule has 0 saturated carbocycles. The minimum absolute atomic E-state index is 0.210. The number of rotatable bonds is 8. The molecule has 0 spiro atoms. The van der Waals surface area contributed by atoms with Gasteiger partial charge in [0.15, 0.2) is 11.5 Å². The number of benzene rings is 2. The maximum atomic E-state index is 6.08. The van der Waals surface area contributed by atoms with Crippen molar-refractivity contribution in [2.75, 3.05) is 27.4 Å². The van der Waals surface area contributed by atoms with Crippen LogP contribution in [0.5, 0.6) is 17.2 Å². The van der Waals surface area contributed by atoms with E-state index in [1.54, 1.807) is 14.2 Å². The van der Waals surface area contributed by atoms with Gasteiger partial charge in [-0.05, 0) is 61.7 Å². The fourth-order valence-corrected chi connectivity index (χ4v) is 3.04. The third kappa shape index (κ3) is 4.01. The first kappa shape index (κ1) is 18.1. The summed E-state index contributed by atoms with van der Waals surface area (Å²) >= 11 is 0. The largest absolute Gasteiger partial charge is 0.497 e. The first-order chi connectivity index (χ1) is 11.6. The van der Waals surface area contributed by atoms with Gasteiger partial charge in [0.05, 0.1) is 20.8 Å². The number of hydrogen-bond donors (Lipinski definition) is 1. The molecule has 4 nitrogen and oxygen atoms in total. The van der Waals surface area contributed by atoms with Crippen LogP contribution in [-0.4, -0.2) is 27.4 Å². The monoisotopic (exact) mass is 329 g/mol. The summed E-state index contributed by atoms with van der Waals surface area (Å²) in [5.74, 6) is 2.65.